The van der Waals surface area contributed by atoms with Crippen molar-refractivity contribution in [3.05, 3.63) is 70.4 Å². The van der Waals surface area contributed by atoms with E-state index in [2.05, 4.69) is 17.1 Å². The van der Waals surface area contributed by atoms with Crippen LogP contribution < -0.4 is 4.90 Å². The summed E-state index contributed by atoms with van der Waals surface area (Å²) in [5, 5.41) is 19.9. The van der Waals surface area contributed by atoms with Crippen LogP contribution in [0.2, 0.25) is 5.02 Å². The standard InChI is InChI=1S/C19H13ClN4/c1-24(12-14-4-2-3-13(7-14)9-21)19-15(10-22)11-23-18-6-5-16(20)8-17(18)19/h2-8,11H,12H2,1H3. The fraction of sp³-hybridized carbons (Fsp3) is 0.105. The van der Waals surface area contributed by atoms with Gasteiger partial charge in [-0.05, 0) is 35.9 Å². The highest BCUT2D eigenvalue weighted by atomic mass is 35.5. The predicted octanol–water partition coefficient (Wildman–Crippen LogP) is 4.27. The molecule has 0 fully saturated rings. The molecule has 1 aromatic heterocycles. The highest BCUT2D eigenvalue weighted by Crippen LogP contribution is 2.31. The molecule has 116 valence electrons. The molecule has 0 bridgehead atoms. The van der Waals surface area contributed by atoms with Gasteiger partial charge in [-0.3, -0.25) is 4.98 Å². The lowest BCUT2D eigenvalue weighted by Gasteiger charge is -2.22. The Morgan fingerprint density at radius 3 is 2.71 bits per heavy atom. The van der Waals surface area contributed by atoms with Crippen molar-refractivity contribution in [1.29, 1.82) is 10.5 Å². The predicted molar refractivity (Wildman–Crippen MR) is 94.7 cm³/mol. The number of anilines is 1. The summed E-state index contributed by atoms with van der Waals surface area (Å²) in [7, 11) is 1.91. The summed E-state index contributed by atoms with van der Waals surface area (Å²) < 4.78 is 0. The molecular weight excluding hydrogens is 320 g/mol. The molecule has 24 heavy (non-hydrogen) atoms. The first-order chi connectivity index (χ1) is 11.6. The zero-order valence-corrected chi connectivity index (χ0v) is 13.7. The van der Waals surface area contributed by atoms with Gasteiger partial charge < -0.3 is 4.90 Å². The van der Waals surface area contributed by atoms with Crippen LogP contribution in [0.3, 0.4) is 0 Å². The Hall–Kier alpha value is -3.08. The highest BCUT2D eigenvalue weighted by Gasteiger charge is 2.14. The number of nitriles is 2. The zero-order valence-electron chi connectivity index (χ0n) is 13.0. The Bertz CT molecular complexity index is 998. The Labute approximate surface area is 145 Å². The van der Waals surface area contributed by atoms with Crippen LogP contribution >= 0.6 is 11.6 Å². The summed E-state index contributed by atoms with van der Waals surface area (Å²) in [4.78, 5) is 6.30. The van der Waals surface area contributed by atoms with Crippen molar-refractivity contribution < 1.29 is 0 Å². The first-order valence-corrected chi connectivity index (χ1v) is 7.68. The van der Waals surface area contributed by atoms with Crippen LogP contribution in [0, 0.1) is 22.7 Å². The van der Waals surface area contributed by atoms with Gasteiger partial charge in [-0.1, -0.05) is 23.7 Å². The molecule has 3 aromatic rings. The summed E-state index contributed by atoms with van der Waals surface area (Å²) in [5.41, 5.74) is 3.67. The Morgan fingerprint density at radius 1 is 1.12 bits per heavy atom. The van der Waals surface area contributed by atoms with Gasteiger partial charge in [0.1, 0.15) is 6.07 Å². The number of pyridine rings is 1. The molecule has 1 heterocycles. The summed E-state index contributed by atoms with van der Waals surface area (Å²) in [6, 6.07) is 17.2. The van der Waals surface area contributed by atoms with Gasteiger partial charge in [0.05, 0.1) is 28.4 Å². The minimum Gasteiger partial charge on any atom is -0.369 e. The summed E-state index contributed by atoms with van der Waals surface area (Å²) in [6.45, 7) is 0.565. The molecule has 4 nitrogen and oxygen atoms in total. The third kappa shape index (κ3) is 3.01. The number of aromatic nitrogens is 1. The molecule has 0 aliphatic heterocycles. The third-order valence-electron chi connectivity index (χ3n) is 3.78. The Morgan fingerprint density at radius 2 is 1.96 bits per heavy atom. The van der Waals surface area contributed by atoms with E-state index in [4.69, 9.17) is 16.9 Å². The number of rotatable bonds is 3. The van der Waals surface area contributed by atoms with Crippen molar-refractivity contribution in [2.45, 2.75) is 6.54 Å². The number of hydrogen-bond acceptors (Lipinski definition) is 4. The number of fused-ring (bicyclic) bond motifs is 1. The lowest BCUT2D eigenvalue weighted by molar-refractivity contribution is 0.924. The minimum absolute atomic E-state index is 0.490. The fourth-order valence-corrected chi connectivity index (χ4v) is 2.91. The van der Waals surface area contributed by atoms with Gasteiger partial charge in [0.25, 0.3) is 0 Å². The molecule has 3 rings (SSSR count). The van der Waals surface area contributed by atoms with Gasteiger partial charge in [0.15, 0.2) is 0 Å². The van der Waals surface area contributed by atoms with Gasteiger partial charge in [-0.2, -0.15) is 10.5 Å². The topological polar surface area (TPSA) is 63.7 Å². The fourth-order valence-electron chi connectivity index (χ4n) is 2.74. The number of hydrogen-bond donors (Lipinski definition) is 0. The summed E-state index contributed by atoms with van der Waals surface area (Å²) >= 11 is 6.13. The van der Waals surface area contributed by atoms with Gasteiger partial charge in [0, 0.05) is 30.2 Å². The maximum absolute atomic E-state index is 9.45. The summed E-state index contributed by atoms with van der Waals surface area (Å²) in [5.74, 6) is 0. The average molecular weight is 333 g/mol. The largest absolute Gasteiger partial charge is 0.369 e. The quantitative estimate of drug-likeness (QED) is 0.718. The van der Waals surface area contributed by atoms with Crippen molar-refractivity contribution in [3.8, 4) is 12.1 Å². The molecule has 2 aromatic carbocycles. The van der Waals surface area contributed by atoms with Gasteiger partial charge in [-0.15, -0.1) is 0 Å². The van der Waals surface area contributed by atoms with Crippen molar-refractivity contribution in [2.75, 3.05) is 11.9 Å². The summed E-state index contributed by atoms with van der Waals surface area (Å²) in [6.07, 6.45) is 1.58. The van der Waals surface area contributed by atoms with Crippen LogP contribution in [0.15, 0.2) is 48.7 Å². The van der Waals surface area contributed by atoms with E-state index < -0.39 is 0 Å². The van der Waals surface area contributed by atoms with Crippen LogP contribution in [0.1, 0.15) is 16.7 Å². The molecule has 0 radical (unpaired) electrons. The van der Waals surface area contributed by atoms with Crippen LogP contribution in [-0.4, -0.2) is 12.0 Å². The molecule has 0 saturated heterocycles. The molecule has 0 aliphatic carbocycles. The molecular formula is C19H13ClN4. The molecule has 0 atom stereocenters. The Balaban J connectivity index is 2.08. The van der Waals surface area contributed by atoms with Gasteiger partial charge in [0.2, 0.25) is 0 Å². The number of benzene rings is 2. The van der Waals surface area contributed by atoms with Crippen molar-refractivity contribution in [3.63, 3.8) is 0 Å². The monoisotopic (exact) mass is 332 g/mol. The van der Waals surface area contributed by atoms with E-state index in [1.807, 2.05) is 42.3 Å². The van der Waals surface area contributed by atoms with Crippen LogP contribution in [0.4, 0.5) is 5.69 Å². The number of halogens is 1. The van der Waals surface area contributed by atoms with Gasteiger partial charge >= 0.3 is 0 Å². The van der Waals surface area contributed by atoms with Gasteiger partial charge in [-0.25, -0.2) is 0 Å². The van der Waals surface area contributed by atoms with E-state index in [-0.39, 0.29) is 0 Å². The molecule has 0 N–H and O–H groups in total. The molecule has 0 amide bonds. The van der Waals surface area contributed by atoms with E-state index >= 15 is 0 Å². The Kier molecular flexibility index (Phi) is 4.33. The molecule has 5 heteroatoms. The van der Waals surface area contributed by atoms with Crippen LogP contribution in [0.5, 0.6) is 0 Å². The van der Waals surface area contributed by atoms with E-state index in [0.717, 1.165) is 22.2 Å². The second-order valence-electron chi connectivity index (χ2n) is 5.46. The first kappa shape index (κ1) is 15.8. The highest BCUT2D eigenvalue weighted by molar-refractivity contribution is 6.31. The molecule has 0 saturated carbocycles. The maximum Gasteiger partial charge on any atom is 0.103 e. The van der Waals surface area contributed by atoms with E-state index in [0.29, 0.717) is 22.7 Å². The second-order valence-corrected chi connectivity index (χ2v) is 5.90. The van der Waals surface area contributed by atoms with Crippen molar-refractivity contribution >= 4 is 28.2 Å². The zero-order chi connectivity index (χ0) is 17.1. The minimum atomic E-state index is 0.490. The van der Waals surface area contributed by atoms with E-state index in [9.17, 15) is 5.26 Å². The number of nitrogens with zero attached hydrogens (tertiary/aromatic N) is 4. The lowest BCUT2D eigenvalue weighted by Crippen LogP contribution is -2.18. The van der Waals surface area contributed by atoms with E-state index in [1.165, 1.54) is 0 Å². The first-order valence-electron chi connectivity index (χ1n) is 7.31. The van der Waals surface area contributed by atoms with Crippen LogP contribution in [-0.2, 0) is 6.54 Å². The van der Waals surface area contributed by atoms with E-state index in [1.54, 1.807) is 18.3 Å². The second kappa shape index (κ2) is 6.58. The molecule has 0 unspecified atom stereocenters. The molecule has 0 aliphatic rings. The molecule has 0 spiro atoms. The smallest absolute Gasteiger partial charge is 0.103 e. The maximum atomic E-state index is 9.45. The van der Waals surface area contributed by atoms with Crippen molar-refractivity contribution in [1.82, 2.24) is 4.98 Å². The lowest BCUT2D eigenvalue weighted by atomic mass is 10.1. The third-order valence-corrected chi connectivity index (χ3v) is 4.01. The normalized spacial score (nSPS) is 10.2. The SMILES string of the molecule is CN(Cc1cccc(C#N)c1)c1c(C#N)cnc2ccc(Cl)cc12. The van der Waals surface area contributed by atoms with Crippen LogP contribution in [0.25, 0.3) is 10.9 Å². The van der Waals surface area contributed by atoms with Crippen molar-refractivity contribution in [2.24, 2.45) is 0 Å². The average Bonchev–Trinajstić information content (AvgIpc) is 2.60.